The van der Waals surface area contributed by atoms with Crippen LogP contribution in [0.15, 0.2) is 30.3 Å². The molecule has 104 valence electrons. The van der Waals surface area contributed by atoms with E-state index in [0.717, 1.165) is 31.8 Å². The number of piperazine rings is 1. The Hall–Kier alpha value is -1.55. The molecule has 4 heteroatoms. The molecular formula is C15H22N2O2. The maximum absolute atomic E-state index is 12.1. The van der Waals surface area contributed by atoms with Gasteiger partial charge in [-0.1, -0.05) is 18.2 Å². The zero-order chi connectivity index (χ0) is 13.5. The second-order valence-corrected chi connectivity index (χ2v) is 4.91. The Balaban J connectivity index is 1.66. The number of hydrogen-bond acceptors (Lipinski definition) is 3. The lowest BCUT2D eigenvalue weighted by Gasteiger charge is -2.34. The molecule has 0 radical (unpaired) electrons. The number of nitrogens with one attached hydrogen (secondary N) is 1. The Morgan fingerprint density at radius 1 is 1.42 bits per heavy atom. The first-order valence-electron chi connectivity index (χ1n) is 6.95. The largest absolute Gasteiger partial charge is 0.494 e. The Morgan fingerprint density at radius 2 is 2.21 bits per heavy atom. The molecule has 1 aromatic rings. The van der Waals surface area contributed by atoms with Gasteiger partial charge in [0.25, 0.3) is 0 Å². The molecule has 1 unspecified atom stereocenters. The molecule has 2 rings (SSSR count). The van der Waals surface area contributed by atoms with Gasteiger partial charge in [0.15, 0.2) is 0 Å². The van der Waals surface area contributed by atoms with Crippen LogP contribution in [-0.2, 0) is 4.79 Å². The van der Waals surface area contributed by atoms with E-state index in [1.807, 2.05) is 35.2 Å². The topological polar surface area (TPSA) is 41.6 Å². The molecule has 0 aliphatic carbocycles. The summed E-state index contributed by atoms with van der Waals surface area (Å²) in [6.07, 6.45) is 1.33. The summed E-state index contributed by atoms with van der Waals surface area (Å²) in [4.78, 5) is 14.0. The Bertz CT molecular complexity index is 394. The average molecular weight is 262 g/mol. The molecular weight excluding hydrogens is 240 g/mol. The van der Waals surface area contributed by atoms with Crippen LogP contribution in [0.5, 0.6) is 5.75 Å². The number of para-hydroxylation sites is 1. The highest BCUT2D eigenvalue weighted by molar-refractivity contribution is 5.76. The van der Waals surface area contributed by atoms with Crippen molar-refractivity contribution in [1.29, 1.82) is 0 Å². The fourth-order valence-electron chi connectivity index (χ4n) is 2.29. The van der Waals surface area contributed by atoms with Gasteiger partial charge in [-0.25, -0.2) is 0 Å². The minimum Gasteiger partial charge on any atom is -0.494 e. The van der Waals surface area contributed by atoms with E-state index in [9.17, 15) is 4.79 Å². The van der Waals surface area contributed by atoms with Crippen molar-refractivity contribution in [3.63, 3.8) is 0 Å². The highest BCUT2D eigenvalue weighted by Gasteiger charge is 2.22. The highest BCUT2D eigenvalue weighted by Crippen LogP contribution is 2.10. The Kier molecular flexibility index (Phi) is 5.21. The summed E-state index contributed by atoms with van der Waals surface area (Å²) in [6, 6.07) is 10.0. The van der Waals surface area contributed by atoms with Crippen LogP contribution in [0.1, 0.15) is 19.8 Å². The van der Waals surface area contributed by atoms with Gasteiger partial charge in [0.05, 0.1) is 6.61 Å². The van der Waals surface area contributed by atoms with E-state index in [-0.39, 0.29) is 5.91 Å². The van der Waals surface area contributed by atoms with Gasteiger partial charge < -0.3 is 15.0 Å². The summed E-state index contributed by atoms with van der Waals surface area (Å²) in [5, 5.41) is 3.29. The third kappa shape index (κ3) is 4.24. The van der Waals surface area contributed by atoms with Crippen LogP contribution < -0.4 is 10.1 Å². The smallest absolute Gasteiger partial charge is 0.223 e. The second-order valence-electron chi connectivity index (χ2n) is 4.91. The molecule has 4 nitrogen and oxygen atoms in total. The molecule has 1 heterocycles. The van der Waals surface area contributed by atoms with Gasteiger partial charge in [-0.2, -0.15) is 0 Å². The fraction of sp³-hybridized carbons (Fsp3) is 0.533. The molecule has 1 aliphatic rings. The summed E-state index contributed by atoms with van der Waals surface area (Å²) in [5.41, 5.74) is 0. The van der Waals surface area contributed by atoms with E-state index in [1.165, 1.54) is 0 Å². The second kappa shape index (κ2) is 7.14. The molecule has 19 heavy (non-hydrogen) atoms. The number of ether oxygens (including phenoxy) is 1. The standard InChI is InChI=1S/C15H22N2O2/c1-13-12-16-9-10-17(13)15(18)8-5-11-19-14-6-3-2-4-7-14/h2-4,6-7,13,16H,5,8-12H2,1H3. The zero-order valence-electron chi connectivity index (χ0n) is 11.5. The van der Waals surface area contributed by atoms with Gasteiger partial charge in [0.1, 0.15) is 5.75 Å². The van der Waals surface area contributed by atoms with Crippen LogP contribution >= 0.6 is 0 Å². The van der Waals surface area contributed by atoms with Crippen molar-refractivity contribution in [1.82, 2.24) is 10.2 Å². The molecule has 1 atom stereocenters. The van der Waals surface area contributed by atoms with Crippen molar-refractivity contribution in [3.05, 3.63) is 30.3 Å². The summed E-state index contributed by atoms with van der Waals surface area (Å²) in [6.45, 7) is 5.29. The van der Waals surface area contributed by atoms with Gasteiger partial charge in [0, 0.05) is 32.1 Å². The first-order chi connectivity index (χ1) is 9.27. The predicted octanol–water partition coefficient (Wildman–Crippen LogP) is 1.67. The van der Waals surface area contributed by atoms with Crippen LogP contribution in [0, 0.1) is 0 Å². The van der Waals surface area contributed by atoms with E-state index < -0.39 is 0 Å². The number of nitrogens with zero attached hydrogens (tertiary/aromatic N) is 1. The Morgan fingerprint density at radius 3 is 2.95 bits per heavy atom. The van der Waals surface area contributed by atoms with Crippen LogP contribution in [0.4, 0.5) is 0 Å². The Labute approximate surface area is 114 Å². The van der Waals surface area contributed by atoms with Gasteiger partial charge in [-0.3, -0.25) is 4.79 Å². The number of carbonyl (C=O) groups excluding carboxylic acids is 1. The van der Waals surface area contributed by atoms with Crippen molar-refractivity contribution >= 4 is 5.91 Å². The lowest BCUT2D eigenvalue weighted by atomic mass is 10.2. The molecule has 0 spiro atoms. The summed E-state index contributed by atoms with van der Waals surface area (Å²) >= 11 is 0. The number of carbonyl (C=O) groups is 1. The van der Waals surface area contributed by atoms with Gasteiger partial charge in [0.2, 0.25) is 5.91 Å². The quantitative estimate of drug-likeness (QED) is 0.821. The van der Waals surface area contributed by atoms with Gasteiger partial charge >= 0.3 is 0 Å². The highest BCUT2D eigenvalue weighted by atomic mass is 16.5. The van der Waals surface area contributed by atoms with Crippen LogP contribution in [-0.4, -0.2) is 43.1 Å². The van der Waals surface area contributed by atoms with Gasteiger partial charge in [-0.05, 0) is 25.5 Å². The lowest BCUT2D eigenvalue weighted by Crippen LogP contribution is -2.52. The van der Waals surface area contributed by atoms with Crippen LogP contribution in [0.3, 0.4) is 0 Å². The first kappa shape index (κ1) is 13.9. The maximum atomic E-state index is 12.1. The molecule has 0 saturated carbocycles. The van der Waals surface area contributed by atoms with E-state index in [0.29, 0.717) is 19.1 Å². The maximum Gasteiger partial charge on any atom is 0.223 e. The minimum atomic E-state index is 0.241. The number of amides is 1. The predicted molar refractivity (Wildman–Crippen MR) is 75.2 cm³/mol. The van der Waals surface area contributed by atoms with Crippen LogP contribution in [0.25, 0.3) is 0 Å². The molecule has 1 N–H and O–H groups in total. The molecule has 1 amide bonds. The molecule has 0 aromatic heterocycles. The van der Waals surface area contributed by atoms with Crippen molar-refractivity contribution < 1.29 is 9.53 Å². The van der Waals surface area contributed by atoms with E-state index in [4.69, 9.17) is 4.74 Å². The summed E-state index contributed by atoms with van der Waals surface area (Å²) in [7, 11) is 0. The number of benzene rings is 1. The van der Waals surface area contributed by atoms with E-state index >= 15 is 0 Å². The third-order valence-corrected chi connectivity index (χ3v) is 3.37. The van der Waals surface area contributed by atoms with Crippen molar-refractivity contribution in [2.75, 3.05) is 26.2 Å². The van der Waals surface area contributed by atoms with E-state index in [1.54, 1.807) is 0 Å². The monoisotopic (exact) mass is 262 g/mol. The third-order valence-electron chi connectivity index (χ3n) is 3.37. The molecule has 1 fully saturated rings. The zero-order valence-corrected chi connectivity index (χ0v) is 11.5. The van der Waals surface area contributed by atoms with Crippen molar-refractivity contribution in [2.45, 2.75) is 25.8 Å². The van der Waals surface area contributed by atoms with Crippen molar-refractivity contribution in [2.24, 2.45) is 0 Å². The molecule has 1 saturated heterocycles. The summed E-state index contributed by atoms with van der Waals surface area (Å²) < 4.78 is 5.59. The number of rotatable bonds is 5. The average Bonchev–Trinajstić information content (AvgIpc) is 2.45. The first-order valence-corrected chi connectivity index (χ1v) is 6.95. The van der Waals surface area contributed by atoms with Gasteiger partial charge in [-0.15, -0.1) is 0 Å². The minimum absolute atomic E-state index is 0.241. The summed E-state index contributed by atoms with van der Waals surface area (Å²) in [5.74, 6) is 1.11. The lowest BCUT2D eigenvalue weighted by molar-refractivity contribution is -0.134. The van der Waals surface area contributed by atoms with Crippen molar-refractivity contribution in [3.8, 4) is 5.75 Å². The molecule has 0 bridgehead atoms. The van der Waals surface area contributed by atoms with Crippen LogP contribution in [0.2, 0.25) is 0 Å². The fourth-order valence-corrected chi connectivity index (χ4v) is 2.29. The SMILES string of the molecule is CC1CNCCN1C(=O)CCCOc1ccccc1. The number of hydrogen-bond donors (Lipinski definition) is 1. The van der Waals surface area contributed by atoms with E-state index in [2.05, 4.69) is 12.2 Å². The molecule has 1 aromatic carbocycles. The normalized spacial score (nSPS) is 19.2. The molecule has 1 aliphatic heterocycles.